The monoisotopic (exact) mass is 1020 g/mol. The minimum atomic E-state index is -0.325. The van der Waals surface area contributed by atoms with E-state index in [1.807, 2.05) is 93.6 Å². The molecule has 396 valence electrons. The zero-order chi connectivity index (χ0) is 54.1. The third kappa shape index (κ3) is 15.8. The highest BCUT2D eigenvalue weighted by molar-refractivity contribution is 5.93. The van der Waals surface area contributed by atoms with Crippen LogP contribution in [-0.2, 0) is 84.5 Å². The Hall–Kier alpha value is -6.99. The summed E-state index contributed by atoms with van der Waals surface area (Å²) in [6, 6.07) is 35.2. The topological polar surface area (TPSA) is 143 Å². The third-order valence-electron chi connectivity index (χ3n) is 12.9. The first-order chi connectivity index (χ1) is 35.5. The Bertz CT molecular complexity index is 2560. The van der Waals surface area contributed by atoms with Gasteiger partial charge in [0.1, 0.15) is 17.2 Å². The Morgan fingerprint density at radius 1 is 0.373 bits per heavy atom. The molecule has 12 nitrogen and oxygen atoms in total. The van der Waals surface area contributed by atoms with Gasteiger partial charge >= 0.3 is 0 Å². The van der Waals surface area contributed by atoms with Crippen molar-refractivity contribution >= 4 is 34.8 Å². The highest BCUT2D eigenvalue weighted by Crippen LogP contribution is 2.38. The largest absolute Gasteiger partial charge is 0.483 e. The standard InChI is InChI=1S/C63H75N3O9/c1-40-13-19-52(20-14-40)64-55(67)37-73-58-43-25-49(61(4,5)6)26-44(58)32-71-34-46-28-51(63(10,11)12)30-48(60(46)75-39-57(69)66-54-23-17-42(3)18-24-54)36-72-35-47-29-50(62(7,8)9)27-45(33-70-31-43)59(47)74-38-56(68)65-53-21-15-41(2)16-22-53/h13-30H,31-39H2,1-12H3,(H,64,67)(H,65,68)(H,66,69). The number of hydrogen-bond donors (Lipinski definition) is 3. The Morgan fingerprint density at radius 2 is 0.573 bits per heavy atom. The first-order valence-corrected chi connectivity index (χ1v) is 25.7. The first-order valence-electron chi connectivity index (χ1n) is 25.7. The lowest BCUT2D eigenvalue weighted by Crippen LogP contribution is -2.22. The smallest absolute Gasteiger partial charge is 0.262 e. The third-order valence-corrected chi connectivity index (χ3v) is 12.9. The summed E-state index contributed by atoms with van der Waals surface area (Å²) in [5.41, 5.74) is 11.7. The molecule has 1 aliphatic rings. The van der Waals surface area contributed by atoms with E-state index in [2.05, 4.69) is 115 Å². The van der Waals surface area contributed by atoms with Gasteiger partial charge in [-0.15, -0.1) is 0 Å². The summed E-state index contributed by atoms with van der Waals surface area (Å²) >= 11 is 0. The highest BCUT2D eigenvalue weighted by Gasteiger charge is 2.26. The van der Waals surface area contributed by atoms with Crippen molar-refractivity contribution in [1.29, 1.82) is 0 Å². The number of amides is 3. The maximum absolute atomic E-state index is 13.6. The molecule has 0 saturated heterocycles. The number of benzene rings is 6. The van der Waals surface area contributed by atoms with E-state index in [9.17, 15) is 14.4 Å². The zero-order valence-corrected chi connectivity index (χ0v) is 45.9. The van der Waals surface area contributed by atoms with E-state index < -0.39 is 0 Å². The number of nitrogens with one attached hydrogen (secondary N) is 3. The summed E-state index contributed by atoms with van der Waals surface area (Å²) in [6.45, 7) is 25.0. The predicted molar refractivity (Wildman–Crippen MR) is 297 cm³/mol. The van der Waals surface area contributed by atoms with Crippen LogP contribution in [0.25, 0.3) is 0 Å². The molecule has 1 heterocycles. The van der Waals surface area contributed by atoms with Crippen LogP contribution in [0.1, 0.15) is 129 Å². The molecule has 3 amide bonds. The second-order valence-electron chi connectivity index (χ2n) is 22.7. The summed E-state index contributed by atoms with van der Waals surface area (Å²) in [4.78, 5) is 40.7. The molecule has 0 spiro atoms. The fourth-order valence-electron chi connectivity index (χ4n) is 8.49. The fraction of sp³-hybridized carbons (Fsp3) is 0.381. The zero-order valence-electron chi connectivity index (χ0n) is 45.9. The molecule has 7 rings (SSSR count). The van der Waals surface area contributed by atoms with Crippen LogP contribution >= 0.6 is 0 Å². The molecule has 0 aliphatic carbocycles. The first kappa shape index (κ1) is 55.8. The van der Waals surface area contributed by atoms with E-state index in [-0.39, 0.29) is 93.4 Å². The van der Waals surface area contributed by atoms with Gasteiger partial charge in [0.2, 0.25) is 0 Å². The average Bonchev–Trinajstić information content (AvgIpc) is 3.33. The van der Waals surface area contributed by atoms with Crippen molar-refractivity contribution in [2.45, 2.75) is 139 Å². The van der Waals surface area contributed by atoms with E-state index in [0.29, 0.717) is 34.3 Å². The van der Waals surface area contributed by atoms with Crippen LogP contribution < -0.4 is 30.2 Å². The molecule has 0 fully saturated rings. The quantitative estimate of drug-likeness (QED) is 0.109. The molecule has 6 bridgehead atoms. The van der Waals surface area contributed by atoms with E-state index >= 15 is 0 Å². The van der Waals surface area contributed by atoms with Crippen LogP contribution in [0.5, 0.6) is 17.2 Å². The van der Waals surface area contributed by atoms with Gasteiger partial charge in [-0.25, -0.2) is 0 Å². The van der Waals surface area contributed by atoms with Gasteiger partial charge in [0.05, 0.1) is 39.6 Å². The number of hydrogen-bond acceptors (Lipinski definition) is 9. The highest BCUT2D eigenvalue weighted by atomic mass is 16.5. The normalized spacial score (nSPS) is 13.4. The van der Waals surface area contributed by atoms with Gasteiger partial charge in [0.15, 0.2) is 19.8 Å². The number of ether oxygens (including phenoxy) is 6. The molecule has 0 atom stereocenters. The lowest BCUT2D eigenvalue weighted by atomic mass is 9.84. The van der Waals surface area contributed by atoms with Crippen LogP contribution in [0.3, 0.4) is 0 Å². The van der Waals surface area contributed by atoms with Crippen molar-refractivity contribution in [3.8, 4) is 17.2 Å². The maximum Gasteiger partial charge on any atom is 0.262 e. The molecule has 0 saturated carbocycles. The minimum absolute atomic E-state index is 0.102. The van der Waals surface area contributed by atoms with Crippen molar-refractivity contribution in [1.82, 2.24) is 0 Å². The number of carbonyl (C=O) groups excluding carboxylic acids is 3. The molecular formula is C63H75N3O9. The second-order valence-corrected chi connectivity index (χ2v) is 22.7. The Balaban J connectivity index is 1.33. The van der Waals surface area contributed by atoms with Crippen LogP contribution in [0, 0.1) is 20.8 Å². The summed E-state index contributed by atoms with van der Waals surface area (Å²) in [6.07, 6.45) is 0. The minimum Gasteiger partial charge on any atom is -0.483 e. The van der Waals surface area contributed by atoms with Crippen molar-refractivity contribution in [2.24, 2.45) is 0 Å². The molecule has 0 aromatic heterocycles. The van der Waals surface area contributed by atoms with E-state index in [0.717, 1.165) is 66.8 Å². The van der Waals surface area contributed by atoms with Crippen molar-refractivity contribution < 1.29 is 42.8 Å². The van der Waals surface area contributed by atoms with Gasteiger partial charge in [-0.3, -0.25) is 14.4 Å². The second kappa shape index (κ2) is 24.1. The molecule has 6 aromatic carbocycles. The number of carbonyl (C=O) groups is 3. The molecule has 0 radical (unpaired) electrons. The van der Waals surface area contributed by atoms with Crippen molar-refractivity contribution in [3.63, 3.8) is 0 Å². The van der Waals surface area contributed by atoms with Crippen LogP contribution in [0.2, 0.25) is 0 Å². The van der Waals surface area contributed by atoms with Crippen LogP contribution in [0.15, 0.2) is 109 Å². The summed E-state index contributed by atoms with van der Waals surface area (Å²) in [5.74, 6) is 0.436. The summed E-state index contributed by atoms with van der Waals surface area (Å²) in [5, 5.41) is 8.88. The molecule has 0 unspecified atom stereocenters. The fourth-order valence-corrected chi connectivity index (χ4v) is 8.49. The van der Waals surface area contributed by atoms with E-state index in [4.69, 9.17) is 28.4 Å². The SMILES string of the molecule is Cc1ccc(NC(=O)COc2c3cc(C(C)(C)C)cc2COCc2cc(C(C)(C)C)cc(c2OCC(=O)Nc2ccc(C)cc2)COCc2cc(C(C)(C)C)cc(c2OCC(=O)Nc2ccc(C)cc2)COC3)cc1. The predicted octanol–water partition coefficient (Wildman–Crippen LogP) is 13.0. The number of fused-ring (bicyclic) bond motifs is 6. The van der Waals surface area contributed by atoms with Gasteiger partial charge in [0.25, 0.3) is 17.7 Å². The Kier molecular flexibility index (Phi) is 17.9. The van der Waals surface area contributed by atoms with E-state index in [1.165, 1.54) is 0 Å². The van der Waals surface area contributed by atoms with Crippen molar-refractivity contribution in [2.75, 3.05) is 35.8 Å². The van der Waals surface area contributed by atoms with Gasteiger partial charge in [-0.05, 0) is 127 Å². The maximum atomic E-state index is 13.6. The lowest BCUT2D eigenvalue weighted by Gasteiger charge is -2.26. The molecule has 12 heteroatoms. The summed E-state index contributed by atoms with van der Waals surface area (Å²) < 4.78 is 39.7. The van der Waals surface area contributed by atoms with Crippen LogP contribution in [0.4, 0.5) is 17.1 Å². The Morgan fingerprint density at radius 3 is 0.760 bits per heavy atom. The van der Waals surface area contributed by atoms with Gasteiger partial charge in [0, 0.05) is 50.4 Å². The van der Waals surface area contributed by atoms with E-state index in [1.54, 1.807) is 0 Å². The van der Waals surface area contributed by atoms with Gasteiger partial charge < -0.3 is 44.4 Å². The van der Waals surface area contributed by atoms with Gasteiger partial charge in [-0.2, -0.15) is 0 Å². The molecule has 6 aromatic rings. The Labute approximate surface area is 443 Å². The summed E-state index contributed by atoms with van der Waals surface area (Å²) in [7, 11) is 0. The number of anilines is 3. The van der Waals surface area contributed by atoms with Crippen molar-refractivity contribution in [3.05, 3.63) is 176 Å². The molecule has 75 heavy (non-hydrogen) atoms. The molecule has 1 aliphatic heterocycles. The molecule has 3 N–H and O–H groups in total. The molecular weight excluding hydrogens is 943 g/mol. The lowest BCUT2D eigenvalue weighted by molar-refractivity contribution is -0.118. The van der Waals surface area contributed by atoms with Crippen LogP contribution in [-0.4, -0.2) is 37.5 Å². The number of rotatable bonds is 12. The average molecular weight is 1020 g/mol. The number of aryl methyl sites for hydroxylation is 3. The van der Waals surface area contributed by atoms with Gasteiger partial charge in [-0.1, -0.05) is 115 Å².